The Labute approximate surface area is 147 Å². The molecule has 0 atom stereocenters. The van der Waals surface area contributed by atoms with Crippen LogP contribution in [0.1, 0.15) is 5.56 Å². The summed E-state index contributed by atoms with van der Waals surface area (Å²) in [6.07, 6.45) is 0.855. The zero-order valence-electron chi connectivity index (χ0n) is 14.0. The number of hydrogen-bond acceptors (Lipinski definition) is 6. The second-order valence-electron chi connectivity index (χ2n) is 5.20. The third kappa shape index (κ3) is 4.30. The average Bonchev–Trinajstić information content (AvgIpc) is 2.58. The maximum atomic E-state index is 12.9. The van der Waals surface area contributed by atoms with Crippen molar-refractivity contribution in [3.05, 3.63) is 54.1 Å². The van der Waals surface area contributed by atoms with E-state index in [1.165, 1.54) is 32.4 Å². The van der Waals surface area contributed by atoms with E-state index in [-0.39, 0.29) is 17.2 Å². The molecule has 0 amide bonds. The first-order valence-corrected chi connectivity index (χ1v) is 10.5. The van der Waals surface area contributed by atoms with E-state index in [1.54, 1.807) is 30.3 Å². The van der Waals surface area contributed by atoms with Crippen molar-refractivity contribution in [2.45, 2.75) is 11.4 Å². The smallest absolute Gasteiger partial charge is 0.256 e. The Morgan fingerprint density at radius 3 is 2.00 bits per heavy atom. The molecule has 9 heteroatoms. The lowest BCUT2D eigenvalue weighted by Gasteiger charge is -2.20. The van der Waals surface area contributed by atoms with Crippen molar-refractivity contribution in [3.8, 4) is 11.5 Å². The predicted molar refractivity (Wildman–Crippen MR) is 93.6 cm³/mol. The zero-order valence-corrected chi connectivity index (χ0v) is 15.7. The molecular formula is C16H19NO6S2. The van der Waals surface area contributed by atoms with E-state index in [0.717, 1.165) is 6.26 Å². The van der Waals surface area contributed by atoms with Gasteiger partial charge in [0.05, 0.1) is 31.9 Å². The van der Waals surface area contributed by atoms with E-state index < -0.39 is 20.0 Å². The van der Waals surface area contributed by atoms with Crippen molar-refractivity contribution in [2.24, 2.45) is 0 Å². The van der Waals surface area contributed by atoms with Crippen molar-refractivity contribution >= 4 is 20.0 Å². The molecule has 0 N–H and O–H groups in total. The first kappa shape index (κ1) is 19.2. The number of ether oxygens (including phenoxy) is 2. The Bertz CT molecular complexity index is 940. The Morgan fingerprint density at radius 2 is 1.48 bits per heavy atom. The largest absolute Gasteiger partial charge is 0.493 e. The van der Waals surface area contributed by atoms with E-state index in [0.29, 0.717) is 15.0 Å². The second-order valence-corrected chi connectivity index (χ2v) is 9.20. The number of sulfonamides is 2. The molecular weight excluding hydrogens is 366 g/mol. The van der Waals surface area contributed by atoms with Crippen LogP contribution in [0, 0.1) is 0 Å². The van der Waals surface area contributed by atoms with Gasteiger partial charge in [-0.2, -0.15) is 0 Å². The van der Waals surface area contributed by atoms with Gasteiger partial charge in [0.2, 0.25) is 10.0 Å². The summed E-state index contributed by atoms with van der Waals surface area (Å²) in [6.45, 7) is -0.295. The maximum absolute atomic E-state index is 12.9. The number of methoxy groups -OCH3 is 2. The highest BCUT2D eigenvalue weighted by atomic mass is 32.3. The molecule has 2 rings (SSSR count). The fourth-order valence-corrected chi connectivity index (χ4v) is 5.33. The molecule has 136 valence electrons. The molecule has 0 heterocycles. The van der Waals surface area contributed by atoms with Crippen molar-refractivity contribution in [3.63, 3.8) is 0 Å². The lowest BCUT2D eigenvalue weighted by Crippen LogP contribution is -2.35. The lowest BCUT2D eigenvalue weighted by molar-refractivity contribution is 0.353. The summed E-state index contributed by atoms with van der Waals surface area (Å²) >= 11 is 0. The van der Waals surface area contributed by atoms with Gasteiger partial charge in [-0.05, 0) is 17.7 Å². The number of benzene rings is 2. The summed E-state index contributed by atoms with van der Waals surface area (Å²) in [6, 6.07) is 12.4. The monoisotopic (exact) mass is 385 g/mol. The maximum Gasteiger partial charge on any atom is 0.256 e. The van der Waals surface area contributed by atoms with Gasteiger partial charge in [0.25, 0.3) is 10.0 Å². The normalized spacial score (nSPS) is 12.2. The Hall–Kier alpha value is -2.10. The molecule has 25 heavy (non-hydrogen) atoms. The van der Waals surface area contributed by atoms with Gasteiger partial charge in [0, 0.05) is 6.07 Å². The van der Waals surface area contributed by atoms with Crippen LogP contribution in [0.25, 0.3) is 0 Å². The third-order valence-electron chi connectivity index (χ3n) is 3.45. The molecule has 0 unspecified atom stereocenters. The van der Waals surface area contributed by atoms with Crippen molar-refractivity contribution < 1.29 is 26.3 Å². The average molecular weight is 385 g/mol. The summed E-state index contributed by atoms with van der Waals surface area (Å²) in [4.78, 5) is -0.202. The topological polar surface area (TPSA) is 90.0 Å². The van der Waals surface area contributed by atoms with E-state index in [2.05, 4.69) is 0 Å². The number of hydrogen-bond donors (Lipinski definition) is 0. The standard InChI is InChI=1S/C16H19NO6S2/c1-22-15-10-9-14(11-16(15)23-2)25(20,21)17(24(3,18)19)12-13-7-5-4-6-8-13/h4-11H,12H2,1-3H3. The van der Waals surface area contributed by atoms with Crippen molar-refractivity contribution in [1.82, 2.24) is 3.71 Å². The molecule has 2 aromatic carbocycles. The van der Waals surface area contributed by atoms with Crippen LogP contribution in [0.2, 0.25) is 0 Å². The SMILES string of the molecule is COc1ccc(S(=O)(=O)N(Cc2ccccc2)S(C)(=O)=O)cc1OC. The molecule has 0 aliphatic carbocycles. The van der Waals surface area contributed by atoms with Crippen LogP contribution < -0.4 is 9.47 Å². The van der Waals surface area contributed by atoms with Gasteiger partial charge < -0.3 is 9.47 Å². The third-order valence-corrected chi connectivity index (χ3v) is 7.23. The molecule has 0 spiro atoms. The zero-order chi connectivity index (χ0) is 18.7. The molecule has 0 fully saturated rings. The highest BCUT2D eigenvalue weighted by Gasteiger charge is 2.33. The van der Waals surface area contributed by atoms with Crippen molar-refractivity contribution in [2.75, 3.05) is 20.5 Å². The van der Waals surface area contributed by atoms with Crippen LogP contribution in [-0.2, 0) is 26.6 Å². The van der Waals surface area contributed by atoms with Crippen LogP contribution >= 0.6 is 0 Å². The molecule has 0 bridgehead atoms. The minimum atomic E-state index is -4.30. The van der Waals surface area contributed by atoms with Gasteiger partial charge in [0.15, 0.2) is 11.5 Å². The van der Waals surface area contributed by atoms with Gasteiger partial charge in [-0.15, -0.1) is 0 Å². The summed E-state index contributed by atoms with van der Waals surface area (Å²) in [5, 5.41) is 0. The fraction of sp³-hybridized carbons (Fsp3) is 0.250. The molecule has 0 aromatic heterocycles. The molecule has 0 radical (unpaired) electrons. The summed E-state index contributed by atoms with van der Waals surface area (Å²) in [5.74, 6) is 0.534. The quantitative estimate of drug-likeness (QED) is 0.723. The first-order chi connectivity index (χ1) is 11.7. The van der Waals surface area contributed by atoms with E-state index in [4.69, 9.17) is 9.47 Å². The van der Waals surface area contributed by atoms with Crippen LogP contribution in [-0.4, -0.2) is 41.0 Å². The van der Waals surface area contributed by atoms with E-state index >= 15 is 0 Å². The van der Waals surface area contributed by atoms with Crippen LogP contribution in [0.3, 0.4) is 0 Å². The van der Waals surface area contributed by atoms with E-state index in [1.807, 2.05) is 0 Å². The predicted octanol–water partition coefficient (Wildman–Crippen LogP) is 1.85. The van der Waals surface area contributed by atoms with Crippen LogP contribution in [0.15, 0.2) is 53.4 Å². The highest BCUT2D eigenvalue weighted by Crippen LogP contribution is 2.31. The van der Waals surface area contributed by atoms with Gasteiger partial charge in [-0.3, -0.25) is 0 Å². The fourth-order valence-electron chi connectivity index (χ4n) is 2.21. The van der Waals surface area contributed by atoms with Crippen LogP contribution in [0.4, 0.5) is 0 Å². The van der Waals surface area contributed by atoms with Crippen LogP contribution in [0.5, 0.6) is 11.5 Å². The summed E-state index contributed by atoms with van der Waals surface area (Å²) in [7, 11) is -5.55. The summed E-state index contributed by atoms with van der Waals surface area (Å²) in [5.41, 5.74) is 0.553. The minimum Gasteiger partial charge on any atom is -0.493 e. The molecule has 7 nitrogen and oxygen atoms in total. The van der Waals surface area contributed by atoms with Gasteiger partial charge in [0.1, 0.15) is 0 Å². The molecule has 0 saturated carbocycles. The minimum absolute atomic E-state index is 0.191. The number of nitrogens with zero attached hydrogens (tertiary/aromatic N) is 1. The molecule has 0 aliphatic heterocycles. The van der Waals surface area contributed by atoms with E-state index in [9.17, 15) is 16.8 Å². The molecule has 0 saturated heterocycles. The van der Waals surface area contributed by atoms with Gasteiger partial charge in [-0.1, -0.05) is 34.0 Å². The Morgan fingerprint density at radius 1 is 0.880 bits per heavy atom. The lowest BCUT2D eigenvalue weighted by atomic mass is 10.2. The summed E-state index contributed by atoms with van der Waals surface area (Å²) < 4.78 is 60.7. The van der Waals surface area contributed by atoms with Crippen molar-refractivity contribution in [1.29, 1.82) is 0 Å². The second kappa shape index (κ2) is 7.42. The molecule has 0 aliphatic rings. The highest BCUT2D eigenvalue weighted by molar-refractivity contribution is 8.03. The van der Waals surface area contributed by atoms with Gasteiger partial charge >= 0.3 is 0 Å². The number of rotatable bonds is 7. The Kier molecular flexibility index (Phi) is 5.71. The Balaban J connectivity index is 2.52. The molecule has 2 aromatic rings. The van der Waals surface area contributed by atoms with Gasteiger partial charge in [-0.25, -0.2) is 16.8 Å². The first-order valence-electron chi connectivity index (χ1n) is 7.19.